The van der Waals surface area contributed by atoms with Crippen LogP contribution in [0.5, 0.6) is 5.75 Å². The van der Waals surface area contributed by atoms with Gasteiger partial charge in [0.05, 0.1) is 0 Å². The predicted octanol–water partition coefficient (Wildman–Crippen LogP) is 3.03. The molecule has 10 heteroatoms. The molecule has 0 aliphatic carbocycles. The second-order valence-electron chi connectivity index (χ2n) is 6.79. The van der Waals surface area contributed by atoms with E-state index in [1.807, 2.05) is 0 Å². The van der Waals surface area contributed by atoms with Gasteiger partial charge in [-0.1, -0.05) is 30.3 Å². The maximum Gasteiger partial charge on any atom is 0.422 e. The minimum atomic E-state index is -4.45. The van der Waals surface area contributed by atoms with Crippen molar-refractivity contribution in [1.29, 1.82) is 0 Å². The van der Waals surface area contributed by atoms with Crippen molar-refractivity contribution in [1.82, 2.24) is 10.2 Å². The Morgan fingerprint density at radius 3 is 2.33 bits per heavy atom. The molecule has 0 aromatic heterocycles. The van der Waals surface area contributed by atoms with Crippen LogP contribution in [0.25, 0.3) is 0 Å². The molecular formula is C20H18F3N3O4. The quantitative estimate of drug-likeness (QED) is 0.702. The molecule has 2 aromatic rings. The van der Waals surface area contributed by atoms with E-state index in [9.17, 15) is 27.6 Å². The molecule has 0 saturated carbocycles. The number of amides is 4. The summed E-state index contributed by atoms with van der Waals surface area (Å²) in [5.74, 6) is -1.22. The highest BCUT2D eigenvalue weighted by Gasteiger charge is 2.49. The zero-order chi connectivity index (χ0) is 21.9. The highest BCUT2D eigenvalue weighted by atomic mass is 19.4. The molecule has 1 heterocycles. The fourth-order valence-electron chi connectivity index (χ4n) is 2.95. The normalized spacial score (nSPS) is 18.9. The lowest BCUT2D eigenvalue weighted by Crippen LogP contribution is -2.42. The van der Waals surface area contributed by atoms with E-state index >= 15 is 0 Å². The lowest BCUT2D eigenvalue weighted by molar-refractivity contribution is -0.153. The highest BCUT2D eigenvalue weighted by molar-refractivity contribution is 6.10. The molecule has 1 fully saturated rings. The third-order valence-electron chi connectivity index (χ3n) is 4.47. The summed E-state index contributed by atoms with van der Waals surface area (Å²) in [6.45, 7) is -0.384. The summed E-state index contributed by atoms with van der Waals surface area (Å²) in [5, 5.41) is 5.08. The number of hydrogen-bond donors (Lipinski definition) is 2. The molecule has 1 aliphatic rings. The molecule has 1 unspecified atom stereocenters. The summed E-state index contributed by atoms with van der Waals surface area (Å²) < 4.78 is 41.1. The topological polar surface area (TPSA) is 87.7 Å². The summed E-state index contributed by atoms with van der Waals surface area (Å²) in [7, 11) is 0. The van der Waals surface area contributed by atoms with Crippen LogP contribution in [-0.4, -0.2) is 42.1 Å². The number of rotatable bonds is 6. The van der Waals surface area contributed by atoms with Crippen molar-refractivity contribution < 1.29 is 32.3 Å². The first-order valence-corrected chi connectivity index (χ1v) is 8.87. The fraction of sp³-hybridized carbons (Fsp3) is 0.250. The van der Waals surface area contributed by atoms with Crippen LogP contribution in [0.1, 0.15) is 12.5 Å². The van der Waals surface area contributed by atoms with Gasteiger partial charge >= 0.3 is 12.2 Å². The summed E-state index contributed by atoms with van der Waals surface area (Å²) >= 11 is 0. The monoisotopic (exact) mass is 421 g/mol. The number of hydrogen-bond acceptors (Lipinski definition) is 4. The summed E-state index contributed by atoms with van der Waals surface area (Å²) in [6.07, 6.45) is -4.45. The molecule has 1 aliphatic heterocycles. The van der Waals surface area contributed by atoms with Crippen LogP contribution in [0.2, 0.25) is 0 Å². The molecule has 3 rings (SSSR count). The van der Waals surface area contributed by atoms with Gasteiger partial charge in [-0.15, -0.1) is 0 Å². The Hall–Kier alpha value is -3.56. The number of imide groups is 1. The van der Waals surface area contributed by atoms with Gasteiger partial charge in [-0.2, -0.15) is 13.2 Å². The zero-order valence-corrected chi connectivity index (χ0v) is 15.8. The van der Waals surface area contributed by atoms with Crippen molar-refractivity contribution in [3.05, 3.63) is 60.2 Å². The fourth-order valence-corrected chi connectivity index (χ4v) is 2.95. The van der Waals surface area contributed by atoms with E-state index in [4.69, 9.17) is 0 Å². The van der Waals surface area contributed by atoms with Crippen molar-refractivity contribution in [2.45, 2.75) is 18.6 Å². The van der Waals surface area contributed by atoms with Gasteiger partial charge in [0.15, 0.2) is 6.61 Å². The Morgan fingerprint density at radius 1 is 1.10 bits per heavy atom. The Balaban J connectivity index is 1.61. The van der Waals surface area contributed by atoms with Crippen molar-refractivity contribution in [2.24, 2.45) is 0 Å². The van der Waals surface area contributed by atoms with Crippen molar-refractivity contribution in [2.75, 3.05) is 18.5 Å². The molecule has 0 bridgehead atoms. The summed E-state index contributed by atoms with van der Waals surface area (Å²) in [4.78, 5) is 38.1. The van der Waals surface area contributed by atoms with E-state index < -0.39 is 42.7 Å². The average molecular weight is 421 g/mol. The maximum atomic E-state index is 12.8. The van der Waals surface area contributed by atoms with Crippen LogP contribution in [0.15, 0.2) is 54.6 Å². The van der Waals surface area contributed by atoms with E-state index in [2.05, 4.69) is 15.4 Å². The van der Waals surface area contributed by atoms with Gasteiger partial charge in [-0.3, -0.25) is 14.5 Å². The molecule has 1 atom stereocenters. The Labute approximate surface area is 169 Å². The molecule has 0 radical (unpaired) electrons. The average Bonchev–Trinajstić information content (AvgIpc) is 2.91. The van der Waals surface area contributed by atoms with Gasteiger partial charge in [0, 0.05) is 5.69 Å². The molecule has 1 saturated heterocycles. The first kappa shape index (κ1) is 21.2. The summed E-state index contributed by atoms with van der Waals surface area (Å²) in [5.41, 5.74) is -0.422. The number of nitrogens with one attached hydrogen (secondary N) is 2. The lowest BCUT2D eigenvalue weighted by atomic mass is 9.92. The number of anilines is 1. The van der Waals surface area contributed by atoms with Gasteiger partial charge in [0.25, 0.3) is 5.91 Å². The molecular weight excluding hydrogens is 403 g/mol. The lowest BCUT2D eigenvalue weighted by Gasteiger charge is -2.22. The van der Waals surface area contributed by atoms with Gasteiger partial charge in [-0.05, 0) is 36.8 Å². The molecule has 7 nitrogen and oxygen atoms in total. The van der Waals surface area contributed by atoms with Crippen molar-refractivity contribution >= 4 is 23.5 Å². The first-order chi connectivity index (χ1) is 14.1. The number of carbonyl (C=O) groups is 3. The predicted molar refractivity (Wildman–Crippen MR) is 101 cm³/mol. The Kier molecular flexibility index (Phi) is 5.68. The number of urea groups is 1. The minimum absolute atomic E-state index is 0.0157. The second kappa shape index (κ2) is 8.05. The number of nitrogens with zero attached hydrogens (tertiary/aromatic N) is 1. The number of benzene rings is 2. The number of ether oxygens (including phenoxy) is 1. The van der Waals surface area contributed by atoms with Crippen LogP contribution < -0.4 is 15.4 Å². The van der Waals surface area contributed by atoms with E-state index in [0.717, 1.165) is 4.90 Å². The smallest absolute Gasteiger partial charge is 0.422 e. The van der Waals surface area contributed by atoms with Crippen LogP contribution in [-0.2, 0) is 15.1 Å². The van der Waals surface area contributed by atoms with Crippen molar-refractivity contribution in [3.8, 4) is 5.75 Å². The van der Waals surface area contributed by atoms with Crippen LogP contribution in [0, 0.1) is 0 Å². The molecule has 158 valence electrons. The van der Waals surface area contributed by atoms with Crippen LogP contribution >= 0.6 is 0 Å². The van der Waals surface area contributed by atoms with E-state index in [-0.39, 0.29) is 11.4 Å². The van der Waals surface area contributed by atoms with Gasteiger partial charge in [0.2, 0.25) is 5.91 Å². The standard InChI is InChI=1S/C20H18F3N3O4/c1-19(13-5-3-2-4-6-13)17(28)26(18(29)25-19)11-16(27)24-14-7-9-15(10-8-14)30-12-20(21,22)23/h2-10H,11-12H2,1H3,(H,24,27)(H,25,29). The van der Waals surface area contributed by atoms with Gasteiger partial charge in [0.1, 0.15) is 17.8 Å². The third-order valence-corrected chi connectivity index (χ3v) is 4.47. The molecule has 0 spiro atoms. The van der Waals surface area contributed by atoms with E-state index in [0.29, 0.717) is 5.56 Å². The molecule has 2 aromatic carbocycles. The Morgan fingerprint density at radius 2 is 1.73 bits per heavy atom. The van der Waals surface area contributed by atoms with Crippen LogP contribution in [0.3, 0.4) is 0 Å². The van der Waals surface area contributed by atoms with Gasteiger partial charge in [-0.25, -0.2) is 4.79 Å². The number of carbonyl (C=O) groups excluding carboxylic acids is 3. The zero-order valence-electron chi connectivity index (χ0n) is 15.8. The van der Waals surface area contributed by atoms with Crippen molar-refractivity contribution in [3.63, 3.8) is 0 Å². The summed E-state index contributed by atoms with van der Waals surface area (Å²) in [6, 6.07) is 13.2. The molecule has 30 heavy (non-hydrogen) atoms. The number of halogens is 3. The highest BCUT2D eigenvalue weighted by Crippen LogP contribution is 2.28. The first-order valence-electron chi connectivity index (χ1n) is 8.87. The molecule has 4 amide bonds. The van der Waals surface area contributed by atoms with Crippen LogP contribution in [0.4, 0.5) is 23.7 Å². The SMILES string of the molecule is CC1(c2ccccc2)NC(=O)N(CC(=O)Nc2ccc(OCC(F)(F)F)cc2)C1=O. The van der Waals surface area contributed by atoms with Gasteiger partial charge < -0.3 is 15.4 Å². The van der Waals surface area contributed by atoms with E-state index in [1.165, 1.54) is 24.3 Å². The number of alkyl halides is 3. The third kappa shape index (κ3) is 4.70. The second-order valence-corrected chi connectivity index (χ2v) is 6.79. The largest absolute Gasteiger partial charge is 0.484 e. The Bertz CT molecular complexity index is 948. The van der Waals surface area contributed by atoms with E-state index in [1.54, 1.807) is 37.3 Å². The maximum absolute atomic E-state index is 12.8. The molecule has 2 N–H and O–H groups in total. The minimum Gasteiger partial charge on any atom is -0.484 e.